The van der Waals surface area contributed by atoms with Gasteiger partial charge < -0.3 is 4.79 Å². The summed E-state index contributed by atoms with van der Waals surface area (Å²) in [5, 5.41) is 0. The lowest BCUT2D eigenvalue weighted by atomic mass is 10.0. The Morgan fingerprint density at radius 3 is 2.39 bits per heavy atom. The number of hydrogen-bond acceptors (Lipinski definition) is 3. The van der Waals surface area contributed by atoms with Crippen LogP contribution in [0.15, 0.2) is 30.3 Å². The molecule has 0 aliphatic rings. The molecule has 0 aromatic heterocycles. The summed E-state index contributed by atoms with van der Waals surface area (Å²) >= 11 is 1.76. The maximum atomic E-state index is 11.5. The van der Waals surface area contributed by atoms with E-state index in [1.807, 2.05) is 18.2 Å². The summed E-state index contributed by atoms with van der Waals surface area (Å²) in [6, 6.07) is 10.2. The van der Waals surface area contributed by atoms with E-state index in [4.69, 9.17) is 0 Å². The molecule has 1 aromatic rings. The summed E-state index contributed by atoms with van der Waals surface area (Å²) in [7, 11) is 0. The van der Waals surface area contributed by atoms with Crippen LogP contribution in [-0.2, 0) is 15.3 Å². The summed E-state index contributed by atoms with van der Waals surface area (Å²) < 4.78 is 0. The number of Topliss-reactive ketones (excluding diaryl/α,β-unsaturated/α-hetero) is 2. The van der Waals surface area contributed by atoms with Gasteiger partial charge in [0.1, 0.15) is 11.6 Å². The van der Waals surface area contributed by atoms with Crippen LogP contribution in [0.5, 0.6) is 0 Å². The molecule has 1 unspecified atom stereocenters. The Morgan fingerprint density at radius 2 is 1.83 bits per heavy atom. The van der Waals surface area contributed by atoms with E-state index in [0.29, 0.717) is 12.8 Å². The fourth-order valence-electron chi connectivity index (χ4n) is 1.67. The van der Waals surface area contributed by atoms with Gasteiger partial charge >= 0.3 is 0 Å². The summed E-state index contributed by atoms with van der Waals surface area (Å²) in [5.41, 5.74) is 1.27. The second kappa shape index (κ2) is 8.09. The third-order valence-electron chi connectivity index (χ3n) is 2.85. The average Bonchev–Trinajstić information content (AvgIpc) is 2.34. The smallest absolute Gasteiger partial charge is 0.133 e. The predicted octanol–water partition coefficient (Wildman–Crippen LogP) is 3.49. The van der Waals surface area contributed by atoms with Crippen molar-refractivity contribution in [2.75, 3.05) is 5.75 Å². The normalized spacial score (nSPS) is 12.1. The summed E-state index contributed by atoms with van der Waals surface area (Å²) in [6.07, 6.45) is 1.20. The highest BCUT2D eigenvalue weighted by Crippen LogP contribution is 2.19. The van der Waals surface area contributed by atoms with Crippen molar-refractivity contribution >= 4 is 23.3 Å². The van der Waals surface area contributed by atoms with Crippen LogP contribution >= 0.6 is 11.8 Å². The predicted molar refractivity (Wildman–Crippen MR) is 76.7 cm³/mol. The molecule has 1 rings (SSSR count). The minimum absolute atomic E-state index is 0.0163. The van der Waals surface area contributed by atoms with Crippen LogP contribution in [0.1, 0.15) is 32.3 Å². The molecular formula is C15H20O2S. The van der Waals surface area contributed by atoms with E-state index in [1.165, 1.54) is 5.56 Å². The van der Waals surface area contributed by atoms with E-state index in [-0.39, 0.29) is 17.5 Å². The molecule has 0 spiro atoms. The zero-order valence-electron chi connectivity index (χ0n) is 11.0. The Kier molecular flexibility index (Phi) is 6.73. The van der Waals surface area contributed by atoms with Crippen molar-refractivity contribution in [3.8, 4) is 0 Å². The van der Waals surface area contributed by atoms with Gasteiger partial charge in [-0.2, -0.15) is 11.8 Å². The highest BCUT2D eigenvalue weighted by molar-refractivity contribution is 7.98. The molecule has 2 nitrogen and oxygen atoms in total. The summed E-state index contributed by atoms with van der Waals surface area (Å²) in [4.78, 5) is 22.4. The van der Waals surface area contributed by atoms with Gasteiger partial charge in [0, 0.05) is 23.8 Å². The number of thioether (sulfide) groups is 1. The second-order valence-electron chi connectivity index (χ2n) is 4.55. The zero-order chi connectivity index (χ0) is 13.4. The van der Waals surface area contributed by atoms with Crippen LogP contribution in [0.4, 0.5) is 0 Å². The standard InChI is InChI=1S/C15H20O2S/c1-12(16)8-9-15(13(2)17)11-18-10-14-6-4-3-5-7-14/h3-7,15H,8-11H2,1-2H3. The van der Waals surface area contributed by atoms with E-state index in [1.54, 1.807) is 25.6 Å². The highest BCUT2D eigenvalue weighted by Gasteiger charge is 2.14. The molecule has 3 heteroatoms. The molecular weight excluding hydrogens is 244 g/mol. The Labute approximate surface area is 113 Å². The molecule has 0 N–H and O–H groups in total. The van der Waals surface area contributed by atoms with Crippen molar-refractivity contribution in [3.63, 3.8) is 0 Å². The van der Waals surface area contributed by atoms with Crippen molar-refractivity contribution < 1.29 is 9.59 Å². The molecule has 1 atom stereocenters. The molecule has 0 radical (unpaired) electrons. The van der Waals surface area contributed by atoms with Gasteiger partial charge in [-0.3, -0.25) is 4.79 Å². The molecule has 0 aliphatic heterocycles. The van der Waals surface area contributed by atoms with Gasteiger partial charge in [0.25, 0.3) is 0 Å². The molecule has 0 saturated heterocycles. The van der Waals surface area contributed by atoms with Crippen LogP contribution in [0.2, 0.25) is 0 Å². The van der Waals surface area contributed by atoms with Crippen LogP contribution in [0.25, 0.3) is 0 Å². The summed E-state index contributed by atoms with van der Waals surface area (Å²) in [5.74, 6) is 2.09. The highest BCUT2D eigenvalue weighted by atomic mass is 32.2. The maximum Gasteiger partial charge on any atom is 0.133 e. The van der Waals surface area contributed by atoms with Gasteiger partial charge in [0.15, 0.2) is 0 Å². The van der Waals surface area contributed by atoms with Crippen molar-refractivity contribution in [3.05, 3.63) is 35.9 Å². The minimum Gasteiger partial charge on any atom is -0.300 e. The molecule has 0 heterocycles. The average molecular weight is 264 g/mol. The van der Waals surface area contributed by atoms with Gasteiger partial charge in [-0.15, -0.1) is 0 Å². The van der Waals surface area contributed by atoms with E-state index in [0.717, 1.165) is 11.5 Å². The topological polar surface area (TPSA) is 34.1 Å². The lowest BCUT2D eigenvalue weighted by molar-refractivity contribution is -0.121. The number of carbonyl (C=O) groups is 2. The van der Waals surface area contributed by atoms with Gasteiger partial charge in [-0.1, -0.05) is 30.3 Å². The number of ketones is 2. The van der Waals surface area contributed by atoms with Crippen LogP contribution in [-0.4, -0.2) is 17.3 Å². The zero-order valence-corrected chi connectivity index (χ0v) is 11.8. The monoisotopic (exact) mass is 264 g/mol. The Bertz CT molecular complexity index is 387. The minimum atomic E-state index is 0.0163. The van der Waals surface area contributed by atoms with Gasteiger partial charge in [0.2, 0.25) is 0 Å². The number of rotatable bonds is 8. The maximum absolute atomic E-state index is 11.5. The van der Waals surface area contributed by atoms with Gasteiger partial charge in [0.05, 0.1) is 0 Å². The fraction of sp³-hybridized carbons (Fsp3) is 0.467. The van der Waals surface area contributed by atoms with Gasteiger partial charge in [-0.25, -0.2) is 0 Å². The number of carbonyl (C=O) groups excluding carboxylic acids is 2. The van der Waals surface area contributed by atoms with E-state index in [2.05, 4.69) is 12.1 Å². The molecule has 18 heavy (non-hydrogen) atoms. The molecule has 0 amide bonds. The molecule has 0 bridgehead atoms. The number of hydrogen-bond donors (Lipinski definition) is 0. The third-order valence-corrected chi connectivity index (χ3v) is 4.03. The Hall–Kier alpha value is -1.09. The Morgan fingerprint density at radius 1 is 1.17 bits per heavy atom. The van der Waals surface area contributed by atoms with Crippen LogP contribution < -0.4 is 0 Å². The van der Waals surface area contributed by atoms with E-state index < -0.39 is 0 Å². The van der Waals surface area contributed by atoms with E-state index in [9.17, 15) is 9.59 Å². The second-order valence-corrected chi connectivity index (χ2v) is 5.58. The first kappa shape index (κ1) is 15.0. The molecule has 98 valence electrons. The van der Waals surface area contributed by atoms with Gasteiger partial charge in [-0.05, 0) is 25.8 Å². The SMILES string of the molecule is CC(=O)CCC(CSCc1ccccc1)C(C)=O. The third kappa shape index (κ3) is 6.01. The molecule has 1 aromatic carbocycles. The quantitative estimate of drug-likeness (QED) is 0.720. The van der Waals surface area contributed by atoms with Crippen molar-refractivity contribution in [1.82, 2.24) is 0 Å². The van der Waals surface area contributed by atoms with Crippen molar-refractivity contribution in [2.45, 2.75) is 32.4 Å². The molecule has 0 saturated carbocycles. The van der Waals surface area contributed by atoms with E-state index >= 15 is 0 Å². The largest absolute Gasteiger partial charge is 0.300 e. The number of benzene rings is 1. The fourth-order valence-corrected chi connectivity index (χ4v) is 2.91. The Balaban J connectivity index is 2.34. The van der Waals surface area contributed by atoms with Crippen molar-refractivity contribution in [1.29, 1.82) is 0 Å². The van der Waals surface area contributed by atoms with Crippen LogP contribution in [0.3, 0.4) is 0 Å². The lowest BCUT2D eigenvalue weighted by Crippen LogP contribution is -2.15. The first-order chi connectivity index (χ1) is 8.59. The molecule has 0 fully saturated rings. The van der Waals surface area contributed by atoms with Crippen molar-refractivity contribution in [2.24, 2.45) is 5.92 Å². The molecule has 0 aliphatic carbocycles. The first-order valence-electron chi connectivity index (χ1n) is 6.21. The lowest BCUT2D eigenvalue weighted by Gasteiger charge is -2.12. The summed E-state index contributed by atoms with van der Waals surface area (Å²) in [6.45, 7) is 3.20. The van der Waals surface area contributed by atoms with Crippen LogP contribution in [0, 0.1) is 5.92 Å². The first-order valence-corrected chi connectivity index (χ1v) is 7.36.